The van der Waals surface area contributed by atoms with Gasteiger partial charge in [0.25, 0.3) is 0 Å². The van der Waals surface area contributed by atoms with Crippen LogP contribution in [0, 0.1) is 0 Å². The number of carboxylic acids is 1. The van der Waals surface area contributed by atoms with Crippen LogP contribution in [-0.2, 0) is 4.79 Å². The van der Waals surface area contributed by atoms with Crippen molar-refractivity contribution in [1.29, 1.82) is 0 Å². The summed E-state index contributed by atoms with van der Waals surface area (Å²) in [7, 11) is 0. The Morgan fingerprint density at radius 2 is 1.93 bits per heavy atom. The summed E-state index contributed by atoms with van der Waals surface area (Å²) in [6.07, 6.45) is 0.436. The lowest BCUT2D eigenvalue weighted by Crippen LogP contribution is -2.43. The summed E-state index contributed by atoms with van der Waals surface area (Å²) in [4.78, 5) is 23.1. The molecule has 6 heteroatoms. The van der Waals surface area contributed by atoms with Crippen molar-refractivity contribution < 1.29 is 19.8 Å². The molecule has 80 valence electrons. The van der Waals surface area contributed by atoms with Gasteiger partial charge in [-0.05, 0) is 12.8 Å². The van der Waals surface area contributed by atoms with Gasteiger partial charge in [0, 0.05) is 13.1 Å². The van der Waals surface area contributed by atoms with Crippen LogP contribution >= 0.6 is 0 Å². The van der Waals surface area contributed by atoms with Crippen molar-refractivity contribution in [2.75, 3.05) is 19.6 Å². The first-order valence-electron chi connectivity index (χ1n) is 4.55. The third kappa shape index (κ3) is 2.88. The molecule has 0 aromatic carbocycles. The van der Waals surface area contributed by atoms with Crippen molar-refractivity contribution in [3.05, 3.63) is 0 Å². The standard InChI is InChI=1S/C8H14N2O4/c11-6(7(12)13)5-9-8(14)10-3-1-2-4-10/h6,11H,1-5H2,(H,9,14)(H,12,13). The normalized spacial score (nSPS) is 17.9. The van der Waals surface area contributed by atoms with E-state index in [-0.39, 0.29) is 12.6 Å². The Morgan fingerprint density at radius 1 is 1.36 bits per heavy atom. The minimum Gasteiger partial charge on any atom is -0.479 e. The van der Waals surface area contributed by atoms with Crippen LogP contribution < -0.4 is 5.32 Å². The number of rotatable bonds is 3. The van der Waals surface area contributed by atoms with Crippen LogP contribution in [0.2, 0.25) is 0 Å². The van der Waals surface area contributed by atoms with Crippen LogP contribution in [-0.4, -0.2) is 52.9 Å². The number of aliphatic hydroxyl groups is 1. The zero-order chi connectivity index (χ0) is 10.6. The monoisotopic (exact) mass is 202 g/mol. The summed E-state index contributed by atoms with van der Waals surface area (Å²) >= 11 is 0. The first-order chi connectivity index (χ1) is 6.61. The number of carbonyl (C=O) groups excluding carboxylic acids is 1. The molecule has 1 atom stereocenters. The van der Waals surface area contributed by atoms with Crippen molar-refractivity contribution in [1.82, 2.24) is 10.2 Å². The zero-order valence-electron chi connectivity index (χ0n) is 7.77. The van der Waals surface area contributed by atoms with Gasteiger partial charge in [-0.25, -0.2) is 9.59 Å². The fourth-order valence-corrected chi connectivity index (χ4v) is 1.30. The quantitative estimate of drug-likeness (QED) is 0.561. The highest BCUT2D eigenvalue weighted by atomic mass is 16.4. The zero-order valence-corrected chi connectivity index (χ0v) is 7.77. The van der Waals surface area contributed by atoms with E-state index in [0.717, 1.165) is 12.8 Å². The fraction of sp³-hybridized carbons (Fsp3) is 0.750. The minimum absolute atomic E-state index is 0.245. The van der Waals surface area contributed by atoms with Crippen LogP contribution in [0.1, 0.15) is 12.8 Å². The predicted octanol–water partition coefficient (Wildman–Crippen LogP) is -0.763. The average molecular weight is 202 g/mol. The maximum atomic E-state index is 11.3. The number of likely N-dealkylation sites (tertiary alicyclic amines) is 1. The van der Waals surface area contributed by atoms with E-state index in [4.69, 9.17) is 10.2 Å². The average Bonchev–Trinajstić information content (AvgIpc) is 2.66. The van der Waals surface area contributed by atoms with Crippen molar-refractivity contribution in [2.45, 2.75) is 18.9 Å². The molecular formula is C8H14N2O4. The first kappa shape index (κ1) is 10.8. The molecule has 1 aliphatic heterocycles. The third-order valence-corrected chi connectivity index (χ3v) is 2.12. The van der Waals surface area contributed by atoms with Gasteiger partial charge in [0.1, 0.15) is 0 Å². The van der Waals surface area contributed by atoms with E-state index < -0.39 is 12.1 Å². The van der Waals surface area contributed by atoms with Crippen molar-refractivity contribution in [2.24, 2.45) is 0 Å². The number of amides is 2. The number of carboxylic acid groups (broad SMARTS) is 1. The lowest BCUT2D eigenvalue weighted by Gasteiger charge is -2.16. The molecule has 0 aromatic rings. The van der Waals surface area contributed by atoms with Crippen LogP contribution in [0.3, 0.4) is 0 Å². The molecule has 0 saturated carbocycles. The molecule has 0 radical (unpaired) electrons. The van der Waals surface area contributed by atoms with E-state index in [9.17, 15) is 9.59 Å². The van der Waals surface area contributed by atoms with E-state index in [2.05, 4.69) is 5.32 Å². The summed E-state index contributed by atoms with van der Waals surface area (Å²) in [6, 6.07) is -0.303. The van der Waals surface area contributed by atoms with Gasteiger partial charge >= 0.3 is 12.0 Å². The molecule has 0 spiro atoms. The molecule has 3 N–H and O–H groups in total. The number of hydrogen-bond donors (Lipinski definition) is 3. The molecule has 1 aliphatic rings. The van der Waals surface area contributed by atoms with Gasteiger partial charge in [0.2, 0.25) is 0 Å². The molecule has 14 heavy (non-hydrogen) atoms. The second-order valence-electron chi connectivity index (χ2n) is 3.23. The summed E-state index contributed by atoms with van der Waals surface area (Å²) < 4.78 is 0. The first-order valence-corrected chi connectivity index (χ1v) is 4.55. The highest BCUT2D eigenvalue weighted by Gasteiger charge is 2.19. The van der Waals surface area contributed by atoms with Crippen LogP contribution in [0.4, 0.5) is 4.79 Å². The summed E-state index contributed by atoms with van der Waals surface area (Å²) in [6.45, 7) is 1.16. The van der Waals surface area contributed by atoms with Gasteiger partial charge in [-0.1, -0.05) is 0 Å². The maximum Gasteiger partial charge on any atom is 0.334 e. The van der Waals surface area contributed by atoms with E-state index in [1.54, 1.807) is 4.90 Å². The van der Waals surface area contributed by atoms with E-state index in [1.807, 2.05) is 0 Å². The topological polar surface area (TPSA) is 89.9 Å². The Morgan fingerprint density at radius 3 is 2.43 bits per heavy atom. The number of urea groups is 1. The Labute approximate surface area is 81.5 Å². The molecule has 1 fully saturated rings. The molecule has 1 rings (SSSR count). The van der Waals surface area contributed by atoms with Crippen LogP contribution in [0.15, 0.2) is 0 Å². The van der Waals surface area contributed by atoms with Crippen molar-refractivity contribution in [3.8, 4) is 0 Å². The molecular weight excluding hydrogens is 188 g/mol. The van der Waals surface area contributed by atoms with Gasteiger partial charge in [-0.15, -0.1) is 0 Å². The Balaban J connectivity index is 2.23. The van der Waals surface area contributed by atoms with Gasteiger partial charge in [0.15, 0.2) is 6.10 Å². The lowest BCUT2D eigenvalue weighted by atomic mass is 10.3. The van der Waals surface area contributed by atoms with E-state index in [1.165, 1.54) is 0 Å². The number of nitrogens with zero attached hydrogens (tertiary/aromatic N) is 1. The van der Waals surface area contributed by atoms with Crippen LogP contribution in [0.5, 0.6) is 0 Å². The van der Waals surface area contributed by atoms with Gasteiger partial charge in [0.05, 0.1) is 6.54 Å². The number of hydrogen-bond acceptors (Lipinski definition) is 3. The SMILES string of the molecule is O=C(O)C(O)CNC(=O)N1CCCC1. The van der Waals surface area contributed by atoms with Gasteiger partial charge in [-0.2, -0.15) is 0 Å². The molecule has 1 heterocycles. The maximum absolute atomic E-state index is 11.3. The van der Waals surface area contributed by atoms with Gasteiger partial charge in [-0.3, -0.25) is 0 Å². The highest BCUT2D eigenvalue weighted by molar-refractivity contribution is 5.76. The molecule has 0 aromatic heterocycles. The van der Waals surface area contributed by atoms with Crippen molar-refractivity contribution in [3.63, 3.8) is 0 Å². The minimum atomic E-state index is -1.53. The molecule has 1 saturated heterocycles. The number of nitrogens with one attached hydrogen (secondary N) is 1. The smallest absolute Gasteiger partial charge is 0.334 e. The Bertz CT molecular complexity index is 225. The lowest BCUT2D eigenvalue weighted by molar-refractivity contribution is -0.146. The summed E-state index contributed by atoms with van der Waals surface area (Å²) in [5.41, 5.74) is 0. The number of carbonyl (C=O) groups is 2. The fourth-order valence-electron chi connectivity index (χ4n) is 1.30. The predicted molar refractivity (Wildman–Crippen MR) is 47.8 cm³/mol. The molecule has 0 bridgehead atoms. The summed E-state index contributed by atoms with van der Waals surface area (Å²) in [5.74, 6) is -1.33. The second kappa shape index (κ2) is 4.80. The van der Waals surface area contributed by atoms with E-state index >= 15 is 0 Å². The molecule has 0 aliphatic carbocycles. The molecule has 2 amide bonds. The highest BCUT2D eigenvalue weighted by Crippen LogP contribution is 2.06. The summed E-state index contributed by atoms with van der Waals surface area (Å²) in [5, 5.41) is 19.6. The van der Waals surface area contributed by atoms with Crippen molar-refractivity contribution >= 4 is 12.0 Å². The largest absolute Gasteiger partial charge is 0.479 e. The second-order valence-corrected chi connectivity index (χ2v) is 3.23. The number of aliphatic carboxylic acids is 1. The third-order valence-electron chi connectivity index (χ3n) is 2.12. The Kier molecular flexibility index (Phi) is 3.70. The van der Waals surface area contributed by atoms with E-state index in [0.29, 0.717) is 13.1 Å². The van der Waals surface area contributed by atoms with Crippen LogP contribution in [0.25, 0.3) is 0 Å². The Hall–Kier alpha value is -1.30. The van der Waals surface area contributed by atoms with Gasteiger partial charge < -0.3 is 20.4 Å². The molecule has 6 nitrogen and oxygen atoms in total. The number of aliphatic hydroxyl groups excluding tert-OH is 1. The molecule has 1 unspecified atom stereocenters.